The molecule has 2 rings (SSSR count). The fraction of sp³-hybridized carbons (Fsp3) is 1.00. The van der Waals surface area contributed by atoms with Crippen molar-refractivity contribution in [3.63, 3.8) is 0 Å². The maximum atomic E-state index is 5.78. The molecule has 100 valence electrons. The maximum absolute atomic E-state index is 5.78. The molecule has 0 aliphatic carbocycles. The SMILES string of the molecule is CCC1COC(C)CN1CC1(CC)CCCN1. The van der Waals surface area contributed by atoms with E-state index < -0.39 is 0 Å². The minimum atomic E-state index is 0.379. The smallest absolute Gasteiger partial charge is 0.0674 e. The van der Waals surface area contributed by atoms with Gasteiger partial charge in [-0.05, 0) is 39.2 Å². The van der Waals surface area contributed by atoms with Gasteiger partial charge < -0.3 is 10.1 Å². The highest BCUT2D eigenvalue weighted by molar-refractivity contribution is 4.96. The van der Waals surface area contributed by atoms with Gasteiger partial charge in [-0.3, -0.25) is 4.90 Å². The summed E-state index contributed by atoms with van der Waals surface area (Å²) in [4.78, 5) is 2.66. The van der Waals surface area contributed by atoms with Gasteiger partial charge in [0.25, 0.3) is 0 Å². The summed E-state index contributed by atoms with van der Waals surface area (Å²) in [6.07, 6.45) is 5.52. The molecule has 0 aromatic carbocycles. The van der Waals surface area contributed by atoms with Crippen molar-refractivity contribution in [2.24, 2.45) is 0 Å². The summed E-state index contributed by atoms with van der Waals surface area (Å²) in [6, 6.07) is 0.622. The van der Waals surface area contributed by atoms with Gasteiger partial charge in [-0.25, -0.2) is 0 Å². The molecule has 0 saturated carbocycles. The van der Waals surface area contributed by atoms with Crippen LogP contribution in [0.1, 0.15) is 46.5 Å². The van der Waals surface area contributed by atoms with Crippen LogP contribution in [0.15, 0.2) is 0 Å². The normalized spacial score (nSPS) is 39.7. The van der Waals surface area contributed by atoms with Crippen LogP contribution in [0.25, 0.3) is 0 Å². The molecule has 0 spiro atoms. The minimum Gasteiger partial charge on any atom is -0.376 e. The molecule has 0 aromatic rings. The number of ether oxygens (including phenoxy) is 1. The summed E-state index contributed by atoms with van der Waals surface area (Å²) >= 11 is 0. The van der Waals surface area contributed by atoms with Crippen LogP contribution in [-0.2, 0) is 4.74 Å². The van der Waals surface area contributed by atoms with E-state index in [1.165, 1.54) is 38.8 Å². The van der Waals surface area contributed by atoms with E-state index in [0.717, 1.165) is 13.2 Å². The zero-order valence-electron chi connectivity index (χ0n) is 11.7. The van der Waals surface area contributed by atoms with Gasteiger partial charge in [-0.15, -0.1) is 0 Å². The Morgan fingerprint density at radius 2 is 2.24 bits per heavy atom. The van der Waals surface area contributed by atoms with Gasteiger partial charge in [0, 0.05) is 24.7 Å². The number of hydrogen-bond acceptors (Lipinski definition) is 3. The maximum Gasteiger partial charge on any atom is 0.0674 e. The summed E-state index contributed by atoms with van der Waals surface area (Å²) in [5.41, 5.74) is 0.379. The molecule has 3 heteroatoms. The molecule has 0 amide bonds. The van der Waals surface area contributed by atoms with Crippen molar-refractivity contribution in [2.75, 3.05) is 26.2 Å². The van der Waals surface area contributed by atoms with Gasteiger partial charge >= 0.3 is 0 Å². The lowest BCUT2D eigenvalue weighted by molar-refractivity contribution is -0.0638. The van der Waals surface area contributed by atoms with E-state index in [1.807, 2.05) is 0 Å². The van der Waals surface area contributed by atoms with E-state index in [0.29, 0.717) is 17.7 Å². The molecule has 3 nitrogen and oxygen atoms in total. The first-order valence-electron chi connectivity index (χ1n) is 7.30. The first kappa shape index (κ1) is 13.3. The van der Waals surface area contributed by atoms with Crippen molar-refractivity contribution in [1.29, 1.82) is 0 Å². The number of rotatable bonds is 4. The Labute approximate surface area is 106 Å². The Morgan fingerprint density at radius 3 is 2.82 bits per heavy atom. The van der Waals surface area contributed by atoms with Gasteiger partial charge in [0.05, 0.1) is 12.7 Å². The Kier molecular flexibility index (Phi) is 4.45. The first-order chi connectivity index (χ1) is 8.19. The zero-order valence-corrected chi connectivity index (χ0v) is 11.7. The Morgan fingerprint density at radius 1 is 1.41 bits per heavy atom. The summed E-state index contributed by atoms with van der Waals surface area (Å²) in [5.74, 6) is 0. The van der Waals surface area contributed by atoms with Crippen molar-refractivity contribution >= 4 is 0 Å². The molecule has 2 aliphatic rings. The van der Waals surface area contributed by atoms with E-state index in [2.05, 4.69) is 31.0 Å². The van der Waals surface area contributed by atoms with Crippen LogP contribution in [0, 0.1) is 0 Å². The monoisotopic (exact) mass is 240 g/mol. The van der Waals surface area contributed by atoms with Crippen molar-refractivity contribution in [3.05, 3.63) is 0 Å². The lowest BCUT2D eigenvalue weighted by Gasteiger charge is -2.43. The highest BCUT2D eigenvalue weighted by atomic mass is 16.5. The van der Waals surface area contributed by atoms with Gasteiger partial charge in [-0.1, -0.05) is 13.8 Å². The number of hydrogen-bond donors (Lipinski definition) is 1. The molecule has 0 radical (unpaired) electrons. The molecule has 2 aliphatic heterocycles. The predicted molar refractivity (Wildman–Crippen MR) is 71.3 cm³/mol. The highest BCUT2D eigenvalue weighted by Gasteiger charge is 2.36. The average Bonchev–Trinajstić information content (AvgIpc) is 2.79. The van der Waals surface area contributed by atoms with E-state index >= 15 is 0 Å². The van der Waals surface area contributed by atoms with Gasteiger partial charge in [0.2, 0.25) is 0 Å². The third-order valence-electron chi connectivity index (χ3n) is 4.57. The largest absolute Gasteiger partial charge is 0.376 e. The molecule has 2 fully saturated rings. The van der Waals surface area contributed by atoms with Crippen LogP contribution >= 0.6 is 0 Å². The van der Waals surface area contributed by atoms with Crippen molar-refractivity contribution in [2.45, 2.75) is 64.1 Å². The second kappa shape index (κ2) is 5.68. The molecule has 17 heavy (non-hydrogen) atoms. The van der Waals surface area contributed by atoms with Crippen LogP contribution in [0.4, 0.5) is 0 Å². The third kappa shape index (κ3) is 3.01. The molecular formula is C14H28N2O. The number of nitrogens with one attached hydrogen (secondary N) is 1. The highest BCUT2D eigenvalue weighted by Crippen LogP contribution is 2.26. The van der Waals surface area contributed by atoms with Crippen LogP contribution in [-0.4, -0.2) is 48.8 Å². The molecule has 0 aromatic heterocycles. The molecule has 2 heterocycles. The Balaban J connectivity index is 1.98. The standard InChI is InChI=1S/C14H28N2O/c1-4-13-10-17-12(3)9-16(13)11-14(5-2)7-6-8-15-14/h12-13,15H,4-11H2,1-3H3. The van der Waals surface area contributed by atoms with Crippen LogP contribution in [0.2, 0.25) is 0 Å². The topological polar surface area (TPSA) is 24.5 Å². The second-order valence-electron chi connectivity index (χ2n) is 5.80. The number of nitrogens with zero attached hydrogens (tertiary/aromatic N) is 1. The summed E-state index contributed by atoms with van der Waals surface area (Å²) in [6.45, 7) is 11.2. The number of morpholine rings is 1. The summed E-state index contributed by atoms with van der Waals surface area (Å²) in [7, 11) is 0. The van der Waals surface area contributed by atoms with E-state index in [9.17, 15) is 0 Å². The molecule has 1 N–H and O–H groups in total. The van der Waals surface area contributed by atoms with Crippen LogP contribution in [0.5, 0.6) is 0 Å². The predicted octanol–water partition coefficient (Wildman–Crippen LogP) is 2.02. The molecule has 3 atom stereocenters. The fourth-order valence-corrected chi connectivity index (χ4v) is 3.29. The van der Waals surface area contributed by atoms with Crippen LogP contribution in [0.3, 0.4) is 0 Å². The Bertz CT molecular complexity index is 238. The Hall–Kier alpha value is -0.120. The van der Waals surface area contributed by atoms with Crippen LogP contribution < -0.4 is 5.32 Å². The van der Waals surface area contributed by atoms with Gasteiger partial charge in [-0.2, -0.15) is 0 Å². The van der Waals surface area contributed by atoms with E-state index in [1.54, 1.807) is 0 Å². The molecule has 3 unspecified atom stereocenters. The van der Waals surface area contributed by atoms with Gasteiger partial charge in [0.1, 0.15) is 0 Å². The fourth-order valence-electron chi connectivity index (χ4n) is 3.29. The lowest BCUT2D eigenvalue weighted by atomic mass is 9.92. The third-order valence-corrected chi connectivity index (χ3v) is 4.57. The quantitative estimate of drug-likeness (QED) is 0.813. The molecule has 2 saturated heterocycles. The van der Waals surface area contributed by atoms with Gasteiger partial charge in [0.15, 0.2) is 0 Å². The first-order valence-corrected chi connectivity index (χ1v) is 7.30. The summed E-state index contributed by atoms with van der Waals surface area (Å²) < 4.78 is 5.78. The summed E-state index contributed by atoms with van der Waals surface area (Å²) in [5, 5.41) is 3.74. The minimum absolute atomic E-state index is 0.379. The van der Waals surface area contributed by atoms with E-state index in [4.69, 9.17) is 4.74 Å². The van der Waals surface area contributed by atoms with Crippen molar-refractivity contribution in [3.8, 4) is 0 Å². The van der Waals surface area contributed by atoms with Crippen molar-refractivity contribution in [1.82, 2.24) is 10.2 Å². The van der Waals surface area contributed by atoms with E-state index in [-0.39, 0.29) is 0 Å². The molecular weight excluding hydrogens is 212 g/mol. The molecule has 0 bridgehead atoms. The lowest BCUT2D eigenvalue weighted by Crippen LogP contribution is -2.57. The average molecular weight is 240 g/mol. The second-order valence-corrected chi connectivity index (χ2v) is 5.80. The zero-order chi connectivity index (χ0) is 12.3. The van der Waals surface area contributed by atoms with Crippen molar-refractivity contribution < 1.29 is 4.74 Å².